The van der Waals surface area contributed by atoms with Crippen molar-refractivity contribution in [2.75, 3.05) is 6.61 Å². The van der Waals surface area contributed by atoms with Gasteiger partial charge >= 0.3 is 5.97 Å². The summed E-state index contributed by atoms with van der Waals surface area (Å²) in [6.45, 7) is 6.53. The minimum Gasteiger partial charge on any atom is -0.461 e. The van der Waals surface area contributed by atoms with Gasteiger partial charge in [-0.3, -0.25) is 4.98 Å². The van der Waals surface area contributed by atoms with Crippen LogP contribution in [0, 0.1) is 0 Å². The van der Waals surface area contributed by atoms with E-state index in [-0.39, 0.29) is 5.97 Å². The molecule has 0 aromatic carbocycles. The molecule has 1 heterocycles. The van der Waals surface area contributed by atoms with Crippen LogP contribution in [0.4, 0.5) is 0 Å². The van der Waals surface area contributed by atoms with E-state index in [1.807, 2.05) is 0 Å². The molecule has 1 rings (SSSR count). The zero-order valence-corrected chi connectivity index (χ0v) is 13.6. The van der Waals surface area contributed by atoms with Crippen molar-refractivity contribution in [3.8, 4) is 0 Å². The Morgan fingerprint density at radius 2 is 1.81 bits per heavy atom. The Hall–Kier alpha value is -1.45. The summed E-state index contributed by atoms with van der Waals surface area (Å²) in [4.78, 5) is 20.6. The van der Waals surface area contributed by atoms with Crippen LogP contribution in [0.2, 0.25) is 0 Å². The summed E-state index contributed by atoms with van der Waals surface area (Å²) in [5, 5.41) is 0. The summed E-state index contributed by atoms with van der Waals surface area (Å²) >= 11 is 0. The molecule has 0 radical (unpaired) electrons. The van der Waals surface area contributed by atoms with Gasteiger partial charge in [0.2, 0.25) is 0 Å². The molecule has 0 saturated carbocycles. The first-order valence-corrected chi connectivity index (χ1v) is 8.22. The summed E-state index contributed by atoms with van der Waals surface area (Å²) in [5.74, 6) is -0.0650. The van der Waals surface area contributed by atoms with E-state index in [1.54, 1.807) is 19.3 Å². The number of hydrogen-bond donors (Lipinski definition) is 0. The predicted octanol–water partition coefficient (Wildman–Crippen LogP) is 4.51. The average molecular weight is 292 g/mol. The van der Waals surface area contributed by atoms with Crippen LogP contribution in [0.15, 0.2) is 12.4 Å². The summed E-state index contributed by atoms with van der Waals surface area (Å²) in [7, 11) is 0. The second kappa shape index (κ2) is 10.3. The molecular weight excluding hydrogens is 264 g/mol. The smallest absolute Gasteiger partial charge is 0.358 e. The van der Waals surface area contributed by atoms with Gasteiger partial charge in [-0.25, -0.2) is 9.78 Å². The van der Waals surface area contributed by atoms with Gasteiger partial charge in [0.05, 0.1) is 12.3 Å². The third-order valence-electron chi connectivity index (χ3n) is 3.73. The normalized spacial score (nSPS) is 12.1. The Bertz CT molecular complexity index is 421. The molecule has 118 valence electrons. The Morgan fingerprint density at radius 1 is 1.10 bits per heavy atom. The molecule has 0 aliphatic rings. The van der Waals surface area contributed by atoms with E-state index >= 15 is 0 Å². The largest absolute Gasteiger partial charge is 0.461 e. The fraction of sp³-hybridized carbons (Fsp3) is 0.706. The number of ether oxygens (including phenoxy) is 1. The van der Waals surface area contributed by atoms with Gasteiger partial charge in [0, 0.05) is 18.3 Å². The number of rotatable bonds is 10. The predicted molar refractivity (Wildman–Crippen MR) is 84.4 cm³/mol. The minimum atomic E-state index is -0.356. The fourth-order valence-electron chi connectivity index (χ4n) is 2.53. The number of nitrogens with zero attached hydrogens (tertiary/aromatic N) is 2. The lowest BCUT2D eigenvalue weighted by Gasteiger charge is -2.16. The van der Waals surface area contributed by atoms with Crippen LogP contribution in [0.1, 0.15) is 87.8 Å². The quantitative estimate of drug-likeness (QED) is 0.470. The molecule has 1 aromatic rings. The van der Waals surface area contributed by atoms with Gasteiger partial charge in [-0.05, 0) is 19.8 Å². The van der Waals surface area contributed by atoms with E-state index in [1.165, 1.54) is 32.1 Å². The molecule has 0 N–H and O–H groups in total. The van der Waals surface area contributed by atoms with E-state index in [4.69, 9.17) is 4.74 Å². The van der Waals surface area contributed by atoms with E-state index in [2.05, 4.69) is 23.8 Å². The van der Waals surface area contributed by atoms with E-state index in [0.29, 0.717) is 18.2 Å². The molecule has 21 heavy (non-hydrogen) atoms. The summed E-state index contributed by atoms with van der Waals surface area (Å²) in [6, 6.07) is 0. The van der Waals surface area contributed by atoms with Gasteiger partial charge in [0.1, 0.15) is 0 Å². The number of carbonyl (C=O) groups excluding carboxylic acids is 1. The number of aromatic nitrogens is 2. The first-order chi connectivity index (χ1) is 10.2. The lowest BCUT2D eigenvalue weighted by atomic mass is 9.93. The third-order valence-corrected chi connectivity index (χ3v) is 3.73. The Morgan fingerprint density at radius 3 is 2.48 bits per heavy atom. The van der Waals surface area contributed by atoms with Crippen molar-refractivity contribution in [3.05, 3.63) is 23.8 Å². The molecular formula is C17H28N2O2. The number of esters is 1. The molecule has 1 unspecified atom stereocenters. The van der Waals surface area contributed by atoms with Crippen LogP contribution < -0.4 is 0 Å². The van der Waals surface area contributed by atoms with Crippen molar-refractivity contribution < 1.29 is 9.53 Å². The van der Waals surface area contributed by atoms with Crippen LogP contribution in [0.5, 0.6) is 0 Å². The number of carbonyl (C=O) groups is 1. The van der Waals surface area contributed by atoms with Gasteiger partial charge in [-0.2, -0.15) is 0 Å². The van der Waals surface area contributed by atoms with Crippen molar-refractivity contribution >= 4 is 5.97 Å². The Kier molecular flexibility index (Phi) is 8.63. The van der Waals surface area contributed by atoms with Crippen LogP contribution in [0.3, 0.4) is 0 Å². The molecule has 0 fully saturated rings. The van der Waals surface area contributed by atoms with Gasteiger partial charge in [-0.15, -0.1) is 0 Å². The van der Waals surface area contributed by atoms with E-state index < -0.39 is 0 Å². The topological polar surface area (TPSA) is 52.1 Å². The van der Waals surface area contributed by atoms with Crippen molar-refractivity contribution in [2.24, 2.45) is 0 Å². The molecule has 1 atom stereocenters. The molecule has 1 aromatic heterocycles. The zero-order chi connectivity index (χ0) is 15.5. The van der Waals surface area contributed by atoms with Crippen LogP contribution >= 0.6 is 0 Å². The van der Waals surface area contributed by atoms with E-state index in [0.717, 1.165) is 18.5 Å². The Labute approximate surface area is 128 Å². The summed E-state index contributed by atoms with van der Waals surface area (Å²) in [5.41, 5.74) is 1.19. The van der Waals surface area contributed by atoms with Crippen molar-refractivity contribution in [1.82, 2.24) is 9.97 Å². The molecule has 0 spiro atoms. The van der Waals surface area contributed by atoms with Crippen LogP contribution in [0.25, 0.3) is 0 Å². The first kappa shape index (κ1) is 17.6. The molecule has 0 aliphatic heterocycles. The van der Waals surface area contributed by atoms with Crippen LogP contribution in [-0.4, -0.2) is 22.5 Å². The fourth-order valence-corrected chi connectivity index (χ4v) is 2.53. The molecule has 0 aliphatic carbocycles. The van der Waals surface area contributed by atoms with Crippen molar-refractivity contribution in [3.63, 3.8) is 0 Å². The molecule has 0 saturated heterocycles. The van der Waals surface area contributed by atoms with Crippen molar-refractivity contribution in [2.45, 2.75) is 71.6 Å². The second-order valence-electron chi connectivity index (χ2n) is 5.32. The summed E-state index contributed by atoms with van der Waals surface area (Å²) < 4.78 is 5.08. The highest BCUT2D eigenvalue weighted by Gasteiger charge is 2.21. The zero-order valence-electron chi connectivity index (χ0n) is 13.6. The average Bonchev–Trinajstić information content (AvgIpc) is 2.51. The molecule has 4 heteroatoms. The maximum absolute atomic E-state index is 12.0. The summed E-state index contributed by atoms with van der Waals surface area (Å²) in [6.07, 6.45) is 11.5. The molecule has 0 bridgehead atoms. The lowest BCUT2D eigenvalue weighted by molar-refractivity contribution is 0.0516. The number of hydrogen-bond acceptors (Lipinski definition) is 4. The maximum atomic E-state index is 12.0. The van der Waals surface area contributed by atoms with Gasteiger partial charge < -0.3 is 4.74 Å². The van der Waals surface area contributed by atoms with Crippen molar-refractivity contribution in [1.29, 1.82) is 0 Å². The first-order valence-electron chi connectivity index (χ1n) is 8.22. The molecule has 0 amide bonds. The monoisotopic (exact) mass is 292 g/mol. The lowest BCUT2D eigenvalue weighted by Crippen LogP contribution is -2.14. The van der Waals surface area contributed by atoms with Crippen LogP contribution in [-0.2, 0) is 4.74 Å². The van der Waals surface area contributed by atoms with Gasteiger partial charge in [0.25, 0.3) is 0 Å². The standard InChI is InChI=1S/C17H28N2O2/c1-4-7-8-9-10-11-14(5-2)15-16(17(20)21-6-3)19-13-12-18-15/h12-14H,4-11H2,1-3H3. The highest BCUT2D eigenvalue weighted by atomic mass is 16.5. The highest BCUT2D eigenvalue weighted by Crippen LogP contribution is 2.26. The van der Waals surface area contributed by atoms with E-state index in [9.17, 15) is 4.79 Å². The van der Waals surface area contributed by atoms with Gasteiger partial charge in [0.15, 0.2) is 5.69 Å². The third kappa shape index (κ3) is 5.82. The molecule has 4 nitrogen and oxygen atoms in total. The second-order valence-corrected chi connectivity index (χ2v) is 5.32. The number of unbranched alkanes of at least 4 members (excludes halogenated alkanes) is 4. The minimum absolute atomic E-state index is 0.291. The van der Waals surface area contributed by atoms with Gasteiger partial charge in [-0.1, -0.05) is 46.0 Å². The highest BCUT2D eigenvalue weighted by molar-refractivity contribution is 5.88. The SMILES string of the molecule is CCCCCCCC(CC)c1nccnc1C(=O)OCC. The maximum Gasteiger partial charge on any atom is 0.358 e. The Balaban J connectivity index is 2.69.